The lowest BCUT2D eigenvalue weighted by Gasteiger charge is -2.28. The lowest BCUT2D eigenvalue weighted by Crippen LogP contribution is -2.41. The van der Waals surface area contributed by atoms with Gasteiger partial charge in [-0.15, -0.1) is 12.4 Å². The smallest absolute Gasteiger partial charge is 0.231 e. The molecule has 0 aliphatic heterocycles. The van der Waals surface area contributed by atoms with E-state index in [4.69, 9.17) is 0 Å². The number of nitrogens with zero attached hydrogens (tertiary/aromatic N) is 3. The van der Waals surface area contributed by atoms with Crippen LogP contribution >= 0.6 is 23.7 Å². The Hall–Kier alpha value is -1.31. The number of aromatic nitrogens is 1. The van der Waals surface area contributed by atoms with E-state index in [1.54, 1.807) is 4.90 Å². The summed E-state index contributed by atoms with van der Waals surface area (Å²) in [4.78, 5) is 21.0. The van der Waals surface area contributed by atoms with Gasteiger partial charge in [0.2, 0.25) is 5.91 Å². The minimum Gasteiger partial charge on any atom is -0.308 e. The van der Waals surface area contributed by atoms with Crippen LogP contribution in [0.5, 0.6) is 0 Å². The fraction of sp³-hybridized carbons (Fsp3) is 0.556. The van der Waals surface area contributed by atoms with Crippen LogP contribution in [0.4, 0.5) is 13.9 Å². The van der Waals surface area contributed by atoms with Gasteiger partial charge in [0.1, 0.15) is 11.3 Å². The Kier molecular flexibility index (Phi) is 7.32. The first-order valence-electron chi connectivity index (χ1n) is 8.67. The molecule has 1 aromatic carbocycles. The molecule has 144 valence electrons. The second-order valence-electron chi connectivity index (χ2n) is 6.86. The SMILES string of the molecule is CN(C)CCN(C(=O)C1CCCCC1)c1nc2c(F)cc(F)cc2s1.Cl. The number of likely N-dealkylation sites (N-methyl/N-ethyl adjacent to an activating group) is 1. The number of anilines is 1. The highest BCUT2D eigenvalue weighted by Gasteiger charge is 2.29. The van der Waals surface area contributed by atoms with Gasteiger partial charge in [-0.25, -0.2) is 13.8 Å². The van der Waals surface area contributed by atoms with Gasteiger partial charge in [0, 0.05) is 25.1 Å². The van der Waals surface area contributed by atoms with E-state index >= 15 is 0 Å². The minimum atomic E-state index is -0.685. The van der Waals surface area contributed by atoms with Gasteiger partial charge in [-0.05, 0) is 33.0 Å². The third kappa shape index (κ3) is 4.69. The van der Waals surface area contributed by atoms with E-state index in [1.807, 2.05) is 19.0 Å². The Bertz CT molecular complexity index is 762. The van der Waals surface area contributed by atoms with E-state index in [-0.39, 0.29) is 29.7 Å². The molecule has 0 atom stereocenters. The monoisotopic (exact) mass is 403 g/mol. The van der Waals surface area contributed by atoms with E-state index in [1.165, 1.54) is 23.8 Å². The lowest BCUT2D eigenvalue weighted by atomic mass is 9.88. The highest BCUT2D eigenvalue weighted by atomic mass is 35.5. The number of hydrogen-bond acceptors (Lipinski definition) is 4. The molecule has 1 aliphatic rings. The van der Waals surface area contributed by atoms with Crippen molar-refractivity contribution in [3.63, 3.8) is 0 Å². The molecule has 0 bridgehead atoms. The van der Waals surface area contributed by atoms with Crippen LogP contribution in [0.1, 0.15) is 32.1 Å². The molecular weight excluding hydrogens is 380 g/mol. The van der Waals surface area contributed by atoms with Gasteiger partial charge in [-0.3, -0.25) is 9.69 Å². The van der Waals surface area contributed by atoms with Gasteiger partial charge >= 0.3 is 0 Å². The number of rotatable bonds is 5. The van der Waals surface area contributed by atoms with Gasteiger partial charge in [0.25, 0.3) is 0 Å². The average molecular weight is 404 g/mol. The second-order valence-corrected chi connectivity index (χ2v) is 7.87. The fourth-order valence-electron chi connectivity index (χ4n) is 3.23. The highest BCUT2D eigenvalue weighted by molar-refractivity contribution is 7.22. The van der Waals surface area contributed by atoms with Crippen molar-refractivity contribution in [3.8, 4) is 0 Å². The third-order valence-electron chi connectivity index (χ3n) is 4.62. The molecule has 0 saturated heterocycles. The van der Waals surface area contributed by atoms with E-state index in [2.05, 4.69) is 4.98 Å². The van der Waals surface area contributed by atoms with Gasteiger partial charge in [-0.2, -0.15) is 0 Å². The minimum absolute atomic E-state index is 0. The van der Waals surface area contributed by atoms with E-state index < -0.39 is 11.6 Å². The zero-order valence-electron chi connectivity index (χ0n) is 15.0. The van der Waals surface area contributed by atoms with Crippen molar-refractivity contribution in [2.45, 2.75) is 32.1 Å². The number of carbonyl (C=O) groups excluding carboxylic acids is 1. The molecule has 1 amide bonds. The molecule has 0 spiro atoms. The van der Waals surface area contributed by atoms with Crippen molar-refractivity contribution in [1.29, 1.82) is 0 Å². The first kappa shape index (κ1) is 21.0. The van der Waals surface area contributed by atoms with Crippen LogP contribution in [0.2, 0.25) is 0 Å². The van der Waals surface area contributed by atoms with Crippen molar-refractivity contribution in [1.82, 2.24) is 9.88 Å². The molecule has 4 nitrogen and oxygen atoms in total. The molecule has 3 rings (SSSR count). The van der Waals surface area contributed by atoms with Crippen LogP contribution in [-0.2, 0) is 4.79 Å². The van der Waals surface area contributed by atoms with Crippen molar-refractivity contribution in [2.75, 3.05) is 32.1 Å². The van der Waals surface area contributed by atoms with Crippen LogP contribution in [0.3, 0.4) is 0 Å². The maximum atomic E-state index is 14.0. The first-order valence-corrected chi connectivity index (χ1v) is 9.49. The standard InChI is InChI=1S/C18H23F2N3OS.ClH/c1-22(2)8-9-23(17(24)12-6-4-3-5-7-12)18-21-16-14(20)10-13(19)11-15(16)25-18;/h10-12H,3-9H2,1-2H3;1H. The predicted molar refractivity (Wildman–Crippen MR) is 104 cm³/mol. The molecule has 1 aliphatic carbocycles. The summed E-state index contributed by atoms with van der Waals surface area (Å²) in [6.07, 6.45) is 5.10. The van der Waals surface area contributed by atoms with Crippen LogP contribution in [0, 0.1) is 17.6 Å². The molecule has 1 saturated carbocycles. The lowest BCUT2D eigenvalue weighted by molar-refractivity contribution is -0.123. The van der Waals surface area contributed by atoms with Crippen molar-refractivity contribution in [3.05, 3.63) is 23.8 Å². The van der Waals surface area contributed by atoms with Crippen LogP contribution in [0.25, 0.3) is 10.2 Å². The van der Waals surface area contributed by atoms with E-state index in [9.17, 15) is 13.6 Å². The Morgan fingerprint density at radius 3 is 2.54 bits per heavy atom. The first-order chi connectivity index (χ1) is 12.0. The van der Waals surface area contributed by atoms with Gasteiger partial charge in [0.05, 0.1) is 4.70 Å². The predicted octanol–water partition coefficient (Wildman–Crippen LogP) is 4.47. The molecule has 2 aromatic rings. The number of halogens is 3. The topological polar surface area (TPSA) is 36.4 Å². The summed E-state index contributed by atoms with van der Waals surface area (Å²) in [5.74, 6) is -1.25. The van der Waals surface area contributed by atoms with E-state index in [0.717, 1.165) is 31.7 Å². The maximum Gasteiger partial charge on any atom is 0.231 e. The molecule has 1 aromatic heterocycles. The highest BCUT2D eigenvalue weighted by Crippen LogP contribution is 2.33. The molecular formula is C18H24ClF2N3OS. The molecule has 1 heterocycles. The molecule has 0 radical (unpaired) electrons. The Morgan fingerprint density at radius 1 is 1.19 bits per heavy atom. The summed E-state index contributed by atoms with van der Waals surface area (Å²) in [5, 5.41) is 0.455. The summed E-state index contributed by atoms with van der Waals surface area (Å²) in [5.41, 5.74) is 0.132. The third-order valence-corrected chi connectivity index (χ3v) is 5.65. The maximum absolute atomic E-state index is 14.0. The summed E-state index contributed by atoms with van der Waals surface area (Å²) in [6, 6.07) is 2.10. The summed E-state index contributed by atoms with van der Waals surface area (Å²) < 4.78 is 27.9. The zero-order valence-corrected chi connectivity index (χ0v) is 16.6. The number of benzene rings is 1. The fourth-order valence-corrected chi connectivity index (χ4v) is 4.27. The van der Waals surface area contributed by atoms with Gasteiger partial charge in [0.15, 0.2) is 10.9 Å². The number of amides is 1. The molecule has 0 N–H and O–H groups in total. The Labute approximate surface area is 162 Å². The largest absolute Gasteiger partial charge is 0.308 e. The second kappa shape index (κ2) is 9.06. The van der Waals surface area contributed by atoms with Crippen molar-refractivity contribution in [2.24, 2.45) is 5.92 Å². The van der Waals surface area contributed by atoms with Gasteiger partial charge in [-0.1, -0.05) is 30.6 Å². The normalized spacial score (nSPS) is 15.3. The van der Waals surface area contributed by atoms with Crippen molar-refractivity contribution < 1.29 is 13.6 Å². The van der Waals surface area contributed by atoms with Crippen LogP contribution < -0.4 is 4.90 Å². The number of thiazole rings is 1. The average Bonchev–Trinajstić information content (AvgIpc) is 2.99. The van der Waals surface area contributed by atoms with Crippen LogP contribution in [0.15, 0.2) is 12.1 Å². The molecule has 1 fully saturated rings. The van der Waals surface area contributed by atoms with Crippen LogP contribution in [-0.4, -0.2) is 43.0 Å². The number of carbonyl (C=O) groups is 1. The van der Waals surface area contributed by atoms with Gasteiger partial charge < -0.3 is 4.90 Å². The number of fused-ring (bicyclic) bond motifs is 1. The van der Waals surface area contributed by atoms with Crippen molar-refractivity contribution >= 4 is 45.0 Å². The zero-order chi connectivity index (χ0) is 18.0. The quantitative estimate of drug-likeness (QED) is 0.738. The summed E-state index contributed by atoms with van der Waals surface area (Å²) in [7, 11) is 3.88. The molecule has 8 heteroatoms. The van der Waals surface area contributed by atoms with E-state index in [0.29, 0.717) is 22.9 Å². The molecule has 26 heavy (non-hydrogen) atoms. The summed E-state index contributed by atoms with van der Waals surface area (Å²) in [6.45, 7) is 1.18. The number of hydrogen-bond donors (Lipinski definition) is 0. The Morgan fingerprint density at radius 2 is 1.88 bits per heavy atom. The summed E-state index contributed by atoms with van der Waals surface area (Å²) >= 11 is 1.17. The molecule has 0 unspecified atom stereocenters. The Balaban J connectivity index is 0.00000243.